The highest BCUT2D eigenvalue weighted by atomic mass is 16.5. The fraction of sp³-hybridized carbons (Fsp3) is 0.364. The van der Waals surface area contributed by atoms with Crippen molar-refractivity contribution in [2.75, 3.05) is 7.11 Å². The van der Waals surface area contributed by atoms with Crippen molar-refractivity contribution in [2.45, 2.75) is 45.4 Å². The Balaban J connectivity index is 1.57. The van der Waals surface area contributed by atoms with Crippen molar-refractivity contribution in [1.82, 2.24) is 16.3 Å². The number of carbonyl (C=O) groups is 1. The second-order valence-corrected chi connectivity index (χ2v) is 7.35. The average molecular weight is 396 g/mol. The van der Waals surface area contributed by atoms with Gasteiger partial charge in [-0.25, -0.2) is 16.3 Å². The summed E-state index contributed by atoms with van der Waals surface area (Å²) in [5.74, 6) is 1.20. The van der Waals surface area contributed by atoms with Crippen LogP contribution in [0.5, 0.6) is 11.5 Å². The molecule has 0 bridgehead atoms. The molecule has 0 aromatic heterocycles. The number of hydrogen-bond acceptors (Lipinski definition) is 6. The summed E-state index contributed by atoms with van der Waals surface area (Å²) in [6.45, 7) is 5.97. The Morgan fingerprint density at radius 3 is 2.62 bits per heavy atom. The number of methoxy groups -OCH3 is 1. The van der Waals surface area contributed by atoms with Crippen molar-refractivity contribution in [2.24, 2.45) is 5.10 Å². The Labute approximate surface area is 171 Å². The van der Waals surface area contributed by atoms with Crippen molar-refractivity contribution in [1.29, 1.82) is 0 Å². The quantitative estimate of drug-likeness (QED) is 0.495. The summed E-state index contributed by atoms with van der Waals surface area (Å²) in [7, 11) is 1.62. The van der Waals surface area contributed by atoms with Crippen molar-refractivity contribution in [3.05, 3.63) is 59.2 Å². The molecule has 0 aliphatic carbocycles. The van der Waals surface area contributed by atoms with Crippen LogP contribution in [0, 0.1) is 6.92 Å². The molecule has 2 unspecified atom stereocenters. The first kappa shape index (κ1) is 20.8. The third-order valence-electron chi connectivity index (χ3n) is 4.64. The second-order valence-electron chi connectivity index (χ2n) is 7.35. The molecule has 7 nitrogen and oxygen atoms in total. The minimum atomic E-state index is -0.382. The highest BCUT2D eigenvalue weighted by Crippen LogP contribution is 2.33. The number of hydrogen-bond donors (Lipinski definition) is 3. The number of aryl methyl sites for hydroxylation is 1. The Bertz CT molecular complexity index is 865. The first-order valence-corrected chi connectivity index (χ1v) is 9.71. The zero-order valence-electron chi connectivity index (χ0n) is 17.2. The Morgan fingerprint density at radius 1 is 1.17 bits per heavy atom. The van der Waals surface area contributed by atoms with Crippen LogP contribution in [0.25, 0.3) is 0 Å². The van der Waals surface area contributed by atoms with Crippen molar-refractivity contribution >= 4 is 12.1 Å². The van der Waals surface area contributed by atoms with E-state index in [4.69, 9.17) is 9.47 Å². The molecule has 1 saturated heterocycles. The lowest BCUT2D eigenvalue weighted by atomic mass is 10.0. The highest BCUT2D eigenvalue weighted by Gasteiger charge is 2.30. The van der Waals surface area contributed by atoms with Crippen LogP contribution >= 0.6 is 0 Å². The molecule has 2 aromatic rings. The lowest BCUT2D eigenvalue weighted by Crippen LogP contribution is -2.41. The van der Waals surface area contributed by atoms with Crippen molar-refractivity contribution in [3.63, 3.8) is 0 Å². The van der Waals surface area contributed by atoms with Crippen LogP contribution < -0.4 is 25.8 Å². The molecular weight excluding hydrogens is 368 g/mol. The van der Waals surface area contributed by atoms with E-state index in [1.165, 1.54) is 5.56 Å². The fourth-order valence-corrected chi connectivity index (χ4v) is 3.10. The number of nitrogens with one attached hydrogen (secondary N) is 3. The van der Waals surface area contributed by atoms with Crippen LogP contribution in [0.1, 0.15) is 43.0 Å². The summed E-state index contributed by atoms with van der Waals surface area (Å²) < 4.78 is 11.2. The van der Waals surface area contributed by atoms with Gasteiger partial charge in [0.1, 0.15) is 6.04 Å². The van der Waals surface area contributed by atoms with Crippen molar-refractivity contribution in [3.8, 4) is 11.5 Å². The van der Waals surface area contributed by atoms with E-state index < -0.39 is 0 Å². The summed E-state index contributed by atoms with van der Waals surface area (Å²) in [5, 5.41) is 4.05. The molecule has 1 fully saturated rings. The summed E-state index contributed by atoms with van der Waals surface area (Å²) in [6, 6.07) is 13.3. The molecule has 1 heterocycles. The summed E-state index contributed by atoms with van der Waals surface area (Å²) >= 11 is 0. The van der Waals surface area contributed by atoms with E-state index in [-0.39, 0.29) is 24.1 Å². The SMILES string of the molecule is COc1cc(C2CC(C(=O)N/N=C/c3ccc(C)cc3)NN2)ccc1OC(C)C. The average Bonchev–Trinajstić information content (AvgIpc) is 3.19. The second kappa shape index (κ2) is 9.54. The van der Waals surface area contributed by atoms with Gasteiger partial charge in [0.05, 0.1) is 19.4 Å². The number of ether oxygens (including phenoxy) is 2. The number of carbonyl (C=O) groups excluding carboxylic acids is 1. The van der Waals surface area contributed by atoms with Crippen LogP contribution in [0.2, 0.25) is 0 Å². The number of nitrogens with zero attached hydrogens (tertiary/aromatic N) is 1. The number of benzene rings is 2. The molecule has 29 heavy (non-hydrogen) atoms. The van der Waals surface area contributed by atoms with E-state index in [1.807, 2.05) is 63.2 Å². The van der Waals surface area contributed by atoms with Crippen LogP contribution in [0.4, 0.5) is 0 Å². The van der Waals surface area contributed by atoms with Gasteiger partial charge >= 0.3 is 0 Å². The maximum Gasteiger partial charge on any atom is 0.258 e. The van der Waals surface area contributed by atoms with Crippen LogP contribution in [0.15, 0.2) is 47.6 Å². The van der Waals surface area contributed by atoms with E-state index in [9.17, 15) is 4.79 Å². The number of amides is 1. The zero-order chi connectivity index (χ0) is 20.8. The lowest BCUT2D eigenvalue weighted by molar-refractivity contribution is -0.122. The molecule has 0 spiro atoms. The summed E-state index contributed by atoms with van der Waals surface area (Å²) in [4.78, 5) is 12.4. The minimum Gasteiger partial charge on any atom is -0.493 e. The molecule has 3 N–H and O–H groups in total. The summed E-state index contributed by atoms with van der Waals surface area (Å²) in [6.07, 6.45) is 2.30. The zero-order valence-corrected chi connectivity index (χ0v) is 17.2. The molecule has 3 rings (SSSR count). The van der Waals surface area contributed by atoms with Gasteiger partial charge in [-0.05, 0) is 50.5 Å². The predicted molar refractivity (Wildman–Crippen MR) is 113 cm³/mol. The van der Waals surface area contributed by atoms with E-state index in [0.717, 1.165) is 11.1 Å². The fourth-order valence-electron chi connectivity index (χ4n) is 3.10. The van der Waals surface area contributed by atoms with Gasteiger partial charge < -0.3 is 9.47 Å². The predicted octanol–water partition coefficient (Wildman–Crippen LogP) is 2.85. The van der Waals surface area contributed by atoms with Gasteiger partial charge in [0, 0.05) is 6.04 Å². The molecule has 1 aliphatic heterocycles. The molecule has 154 valence electrons. The first-order chi connectivity index (χ1) is 14.0. The highest BCUT2D eigenvalue weighted by molar-refractivity contribution is 5.85. The largest absolute Gasteiger partial charge is 0.493 e. The van der Waals surface area contributed by atoms with Crippen LogP contribution in [-0.4, -0.2) is 31.4 Å². The molecule has 2 aromatic carbocycles. The smallest absolute Gasteiger partial charge is 0.258 e. The van der Waals surface area contributed by atoms with E-state index in [1.54, 1.807) is 13.3 Å². The molecular formula is C22H28N4O3. The molecule has 1 amide bonds. The standard InChI is InChI=1S/C22H28N4O3/c1-14(2)29-20-10-9-17(11-21(20)28-4)18-12-19(25-24-18)22(27)26-23-13-16-7-5-15(3)6-8-16/h5-11,13-14,18-19,24-25H,12H2,1-4H3,(H,26,27)/b23-13+. The van der Waals surface area contributed by atoms with Gasteiger partial charge in [-0.2, -0.15) is 5.10 Å². The first-order valence-electron chi connectivity index (χ1n) is 9.71. The van der Waals surface area contributed by atoms with Gasteiger partial charge in [0.25, 0.3) is 5.91 Å². The lowest BCUT2D eigenvalue weighted by Gasteiger charge is -2.16. The van der Waals surface area contributed by atoms with Gasteiger partial charge in [-0.3, -0.25) is 4.79 Å². The maximum absolute atomic E-state index is 12.4. The maximum atomic E-state index is 12.4. The Morgan fingerprint density at radius 2 is 1.93 bits per heavy atom. The van der Waals surface area contributed by atoms with Gasteiger partial charge in [-0.1, -0.05) is 35.9 Å². The molecule has 2 atom stereocenters. The minimum absolute atomic E-state index is 0.0196. The third kappa shape index (κ3) is 5.56. The topological polar surface area (TPSA) is 84.0 Å². The molecule has 1 aliphatic rings. The molecule has 0 radical (unpaired) electrons. The molecule has 0 saturated carbocycles. The number of hydrazone groups is 1. The van der Waals surface area contributed by atoms with Gasteiger partial charge in [0.15, 0.2) is 11.5 Å². The van der Waals surface area contributed by atoms with E-state index in [0.29, 0.717) is 17.9 Å². The number of rotatable bonds is 7. The third-order valence-corrected chi connectivity index (χ3v) is 4.64. The normalized spacial score (nSPS) is 18.9. The van der Waals surface area contributed by atoms with Crippen molar-refractivity contribution < 1.29 is 14.3 Å². The van der Waals surface area contributed by atoms with E-state index in [2.05, 4.69) is 21.4 Å². The molecule has 7 heteroatoms. The monoisotopic (exact) mass is 396 g/mol. The number of hydrazine groups is 1. The van der Waals surface area contributed by atoms with E-state index >= 15 is 0 Å². The van der Waals surface area contributed by atoms with Crippen LogP contribution in [0.3, 0.4) is 0 Å². The Hall–Kier alpha value is -2.90. The van der Waals surface area contributed by atoms with Gasteiger partial charge in [0.2, 0.25) is 0 Å². The summed E-state index contributed by atoms with van der Waals surface area (Å²) in [5.41, 5.74) is 11.9. The van der Waals surface area contributed by atoms with Crippen LogP contribution in [-0.2, 0) is 4.79 Å². The van der Waals surface area contributed by atoms with Gasteiger partial charge in [-0.15, -0.1) is 0 Å². The Kier molecular flexibility index (Phi) is 6.85.